The predicted octanol–water partition coefficient (Wildman–Crippen LogP) is -0.763. The van der Waals surface area contributed by atoms with Crippen molar-refractivity contribution in [3.63, 3.8) is 0 Å². The van der Waals surface area contributed by atoms with Crippen LogP contribution in [0.4, 0.5) is 0 Å². The summed E-state index contributed by atoms with van der Waals surface area (Å²) in [5, 5.41) is 16.6. The molecule has 1 unspecified atom stereocenters. The summed E-state index contributed by atoms with van der Waals surface area (Å²) in [4.78, 5) is 11.0. The van der Waals surface area contributed by atoms with Crippen LogP contribution in [0.15, 0.2) is 5.16 Å². The third kappa shape index (κ3) is 5.36. The normalized spacial score (nSPS) is 13.7. The van der Waals surface area contributed by atoms with Crippen LogP contribution < -0.4 is 16.4 Å². The van der Waals surface area contributed by atoms with E-state index in [2.05, 4.69) is 15.8 Å². The molecule has 82 valence electrons. The minimum Gasteiger partial charge on any atom is -0.409 e. The standard InChI is InChI=1S/C8H18N4O2/c1-6(8(13)10-2)11-5-3-4-7(9)12-14/h6,11,14H,3-5H2,1-2H3,(H2,9,12)(H,10,13). The Morgan fingerprint density at radius 3 is 2.79 bits per heavy atom. The molecule has 0 aromatic carbocycles. The van der Waals surface area contributed by atoms with E-state index in [0.717, 1.165) is 6.42 Å². The summed E-state index contributed by atoms with van der Waals surface area (Å²) < 4.78 is 0. The molecule has 1 atom stereocenters. The van der Waals surface area contributed by atoms with Gasteiger partial charge < -0.3 is 21.6 Å². The first kappa shape index (κ1) is 12.7. The van der Waals surface area contributed by atoms with Gasteiger partial charge in [0.2, 0.25) is 5.91 Å². The molecule has 0 heterocycles. The molecule has 0 bridgehead atoms. The fourth-order valence-corrected chi connectivity index (χ4v) is 0.947. The maximum atomic E-state index is 11.0. The molecular formula is C8H18N4O2. The summed E-state index contributed by atoms with van der Waals surface area (Å²) in [5.74, 6) is 0.160. The Labute approximate surface area is 83.5 Å². The lowest BCUT2D eigenvalue weighted by Crippen LogP contribution is -2.41. The first-order chi connectivity index (χ1) is 6.61. The van der Waals surface area contributed by atoms with Crippen LogP contribution in [0.2, 0.25) is 0 Å². The van der Waals surface area contributed by atoms with Gasteiger partial charge in [0.1, 0.15) is 5.84 Å². The highest BCUT2D eigenvalue weighted by atomic mass is 16.4. The van der Waals surface area contributed by atoms with Crippen LogP contribution in [-0.4, -0.2) is 36.6 Å². The number of likely N-dealkylation sites (N-methyl/N-ethyl adjacent to an activating group) is 1. The molecule has 0 saturated heterocycles. The van der Waals surface area contributed by atoms with Crippen molar-refractivity contribution >= 4 is 11.7 Å². The first-order valence-corrected chi connectivity index (χ1v) is 4.53. The molecule has 1 amide bonds. The van der Waals surface area contributed by atoms with Gasteiger partial charge in [-0.15, -0.1) is 0 Å². The zero-order valence-corrected chi connectivity index (χ0v) is 8.58. The smallest absolute Gasteiger partial charge is 0.236 e. The lowest BCUT2D eigenvalue weighted by atomic mass is 10.2. The Balaban J connectivity index is 3.50. The molecule has 5 N–H and O–H groups in total. The minimum atomic E-state index is -0.215. The highest BCUT2D eigenvalue weighted by molar-refractivity contribution is 5.81. The van der Waals surface area contributed by atoms with E-state index in [1.807, 2.05) is 0 Å². The van der Waals surface area contributed by atoms with E-state index in [1.54, 1.807) is 14.0 Å². The Hall–Kier alpha value is -1.30. The quantitative estimate of drug-likeness (QED) is 0.149. The molecule has 0 aromatic heterocycles. The van der Waals surface area contributed by atoms with Crippen molar-refractivity contribution in [1.82, 2.24) is 10.6 Å². The molecule has 0 fully saturated rings. The monoisotopic (exact) mass is 202 g/mol. The molecule has 0 saturated carbocycles. The van der Waals surface area contributed by atoms with Gasteiger partial charge in [-0.3, -0.25) is 4.79 Å². The maximum Gasteiger partial charge on any atom is 0.236 e. The molecule has 0 spiro atoms. The summed E-state index contributed by atoms with van der Waals surface area (Å²) in [5.41, 5.74) is 5.27. The number of amides is 1. The molecule has 0 aliphatic heterocycles. The van der Waals surface area contributed by atoms with Crippen molar-refractivity contribution < 1.29 is 10.0 Å². The van der Waals surface area contributed by atoms with Crippen LogP contribution in [0.5, 0.6) is 0 Å². The van der Waals surface area contributed by atoms with Crippen molar-refractivity contribution in [2.24, 2.45) is 10.9 Å². The van der Waals surface area contributed by atoms with Gasteiger partial charge in [0, 0.05) is 13.5 Å². The van der Waals surface area contributed by atoms with Gasteiger partial charge >= 0.3 is 0 Å². The lowest BCUT2D eigenvalue weighted by Gasteiger charge is -2.11. The second-order valence-corrected chi connectivity index (χ2v) is 2.98. The van der Waals surface area contributed by atoms with Gasteiger partial charge in [-0.1, -0.05) is 5.16 Å². The van der Waals surface area contributed by atoms with Crippen LogP contribution >= 0.6 is 0 Å². The summed E-state index contributed by atoms with van der Waals surface area (Å²) in [7, 11) is 1.59. The van der Waals surface area contributed by atoms with Crippen LogP contribution in [0.3, 0.4) is 0 Å². The number of oxime groups is 1. The third-order valence-electron chi connectivity index (χ3n) is 1.83. The average Bonchev–Trinajstić information content (AvgIpc) is 2.22. The molecule has 0 aliphatic carbocycles. The topological polar surface area (TPSA) is 99.7 Å². The molecule has 0 rings (SSSR count). The van der Waals surface area contributed by atoms with Gasteiger partial charge in [-0.25, -0.2) is 0 Å². The van der Waals surface area contributed by atoms with E-state index in [-0.39, 0.29) is 17.8 Å². The van der Waals surface area contributed by atoms with Gasteiger partial charge in [0.25, 0.3) is 0 Å². The molecule has 6 heteroatoms. The van der Waals surface area contributed by atoms with Crippen LogP contribution in [-0.2, 0) is 4.79 Å². The van der Waals surface area contributed by atoms with Crippen LogP contribution in [0.25, 0.3) is 0 Å². The van der Waals surface area contributed by atoms with E-state index in [9.17, 15) is 4.79 Å². The molecular weight excluding hydrogens is 184 g/mol. The molecule has 0 radical (unpaired) electrons. The van der Waals surface area contributed by atoms with Gasteiger partial charge in [-0.2, -0.15) is 0 Å². The molecule has 0 aromatic rings. The highest BCUT2D eigenvalue weighted by Gasteiger charge is 2.08. The number of carbonyl (C=O) groups is 1. The second kappa shape index (κ2) is 7.14. The number of nitrogens with two attached hydrogens (primary N) is 1. The Bertz CT molecular complexity index is 206. The number of nitrogens with one attached hydrogen (secondary N) is 2. The van der Waals surface area contributed by atoms with Gasteiger partial charge in [0.05, 0.1) is 6.04 Å². The van der Waals surface area contributed by atoms with Crippen LogP contribution in [0, 0.1) is 0 Å². The highest BCUT2D eigenvalue weighted by Crippen LogP contribution is 1.88. The molecule has 0 aliphatic rings. The number of hydrogen-bond acceptors (Lipinski definition) is 4. The van der Waals surface area contributed by atoms with Crippen molar-refractivity contribution in [3.8, 4) is 0 Å². The Morgan fingerprint density at radius 2 is 2.29 bits per heavy atom. The van der Waals surface area contributed by atoms with E-state index >= 15 is 0 Å². The summed E-state index contributed by atoms with van der Waals surface area (Å²) in [6, 6.07) is -0.215. The van der Waals surface area contributed by atoms with Gasteiger partial charge in [0.15, 0.2) is 0 Å². The largest absolute Gasteiger partial charge is 0.409 e. The Kier molecular flexibility index (Phi) is 6.47. The summed E-state index contributed by atoms with van der Waals surface area (Å²) in [6.45, 7) is 2.44. The van der Waals surface area contributed by atoms with E-state index in [1.165, 1.54) is 0 Å². The van der Waals surface area contributed by atoms with E-state index < -0.39 is 0 Å². The average molecular weight is 202 g/mol. The minimum absolute atomic E-state index is 0.0474. The summed E-state index contributed by atoms with van der Waals surface area (Å²) >= 11 is 0. The Morgan fingerprint density at radius 1 is 1.64 bits per heavy atom. The van der Waals surface area contributed by atoms with Crippen molar-refractivity contribution in [2.45, 2.75) is 25.8 Å². The number of rotatable bonds is 6. The number of amidine groups is 1. The number of carbonyl (C=O) groups excluding carboxylic acids is 1. The first-order valence-electron chi connectivity index (χ1n) is 4.53. The summed E-state index contributed by atoms with van der Waals surface area (Å²) in [6.07, 6.45) is 1.25. The molecule has 6 nitrogen and oxygen atoms in total. The maximum absolute atomic E-state index is 11.0. The third-order valence-corrected chi connectivity index (χ3v) is 1.83. The van der Waals surface area contributed by atoms with Gasteiger partial charge in [-0.05, 0) is 19.9 Å². The fraction of sp³-hybridized carbons (Fsp3) is 0.750. The zero-order chi connectivity index (χ0) is 11.0. The number of hydrogen-bond donors (Lipinski definition) is 4. The van der Waals surface area contributed by atoms with E-state index in [4.69, 9.17) is 10.9 Å². The molecule has 14 heavy (non-hydrogen) atoms. The number of nitrogens with zero attached hydrogens (tertiary/aromatic N) is 1. The SMILES string of the molecule is CNC(=O)C(C)NCCCC(N)=NO. The van der Waals surface area contributed by atoms with Crippen LogP contribution in [0.1, 0.15) is 19.8 Å². The predicted molar refractivity (Wildman–Crippen MR) is 54.2 cm³/mol. The fourth-order valence-electron chi connectivity index (χ4n) is 0.947. The van der Waals surface area contributed by atoms with E-state index in [0.29, 0.717) is 13.0 Å². The zero-order valence-electron chi connectivity index (χ0n) is 8.58. The van der Waals surface area contributed by atoms with Crippen molar-refractivity contribution in [1.29, 1.82) is 0 Å². The second-order valence-electron chi connectivity index (χ2n) is 2.98. The van der Waals surface area contributed by atoms with Crippen molar-refractivity contribution in [2.75, 3.05) is 13.6 Å². The van der Waals surface area contributed by atoms with Crippen molar-refractivity contribution in [3.05, 3.63) is 0 Å². The lowest BCUT2D eigenvalue weighted by molar-refractivity contribution is -0.122.